The van der Waals surface area contributed by atoms with Crippen LogP contribution in [0.25, 0.3) is 11.4 Å². The van der Waals surface area contributed by atoms with E-state index in [2.05, 4.69) is 15.0 Å². The van der Waals surface area contributed by atoms with E-state index < -0.39 is 0 Å². The number of carbonyl (C=O) groups excluding carboxylic acids is 1. The molecule has 0 atom stereocenters. The van der Waals surface area contributed by atoms with Gasteiger partial charge in [-0.2, -0.15) is 0 Å². The van der Waals surface area contributed by atoms with Gasteiger partial charge in [0.25, 0.3) is 0 Å². The number of hydrogen-bond donors (Lipinski definition) is 0. The van der Waals surface area contributed by atoms with Crippen molar-refractivity contribution in [1.82, 2.24) is 15.0 Å². The molecule has 0 aliphatic heterocycles. The standard InChI is InChI=1S/C11H9N3O/c1-8-5-9(10(7-15)14-6-8)11-12-3-2-4-13-11/h2-7H,1H3. The van der Waals surface area contributed by atoms with E-state index in [-0.39, 0.29) is 0 Å². The van der Waals surface area contributed by atoms with Crippen molar-refractivity contribution in [2.75, 3.05) is 0 Å². The van der Waals surface area contributed by atoms with E-state index >= 15 is 0 Å². The van der Waals surface area contributed by atoms with Crippen LogP contribution in [0.4, 0.5) is 0 Å². The van der Waals surface area contributed by atoms with Crippen LogP contribution in [0, 0.1) is 6.92 Å². The second-order valence-electron chi connectivity index (χ2n) is 3.14. The minimum atomic E-state index is 0.367. The summed E-state index contributed by atoms with van der Waals surface area (Å²) in [5, 5.41) is 0. The van der Waals surface area contributed by atoms with E-state index in [4.69, 9.17) is 0 Å². The second kappa shape index (κ2) is 3.96. The first kappa shape index (κ1) is 9.45. The Labute approximate surface area is 87.0 Å². The molecule has 0 spiro atoms. The Hall–Kier alpha value is -2.10. The van der Waals surface area contributed by atoms with E-state index in [1.54, 1.807) is 24.7 Å². The van der Waals surface area contributed by atoms with Gasteiger partial charge in [0.1, 0.15) is 5.69 Å². The zero-order chi connectivity index (χ0) is 10.7. The average Bonchev–Trinajstić information content (AvgIpc) is 2.30. The number of aromatic nitrogens is 3. The number of aldehydes is 1. The Bertz CT molecular complexity index is 482. The van der Waals surface area contributed by atoms with Crippen LogP contribution >= 0.6 is 0 Å². The molecule has 15 heavy (non-hydrogen) atoms. The largest absolute Gasteiger partial charge is 0.296 e. The zero-order valence-electron chi connectivity index (χ0n) is 8.21. The minimum Gasteiger partial charge on any atom is -0.296 e. The van der Waals surface area contributed by atoms with Gasteiger partial charge in [-0.05, 0) is 24.6 Å². The number of rotatable bonds is 2. The summed E-state index contributed by atoms with van der Waals surface area (Å²) in [4.78, 5) is 23.0. The first-order valence-corrected chi connectivity index (χ1v) is 4.50. The molecule has 0 saturated carbocycles. The van der Waals surface area contributed by atoms with Gasteiger partial charge in [0.05, 0.1) is 0 Å². The maximum atomic E-state index is 10.8. The fraction of sp³-hybridized carbons (Fsp3) is 0.0909. The minimum absolute atomic E-state index is 0.367. The Balaban J connectivity index is 2.61. The van der Waals surface area contributed by atoms with Crippen molar-refractivity contribution in [1.29, 1.82) is 0 Å². The van der Waals surface area contributed by atoms with E-state index in [9.17, 15) is 4.79 Å². The van der Waals surface area contributed by atoms with Crippen LogP contribution in [0.15, 0.2) is 30.7 Å². The highest BCUT2D eigenvalue weighted by Gasteiger charge is 2.07. The lowest BCUT2D eigenvalue weighted by Gasteiger charge is -2.02. The SMILES string of the molecule is Cc1cnc(C=O)c(-c2ncccn2)c1. The summed E-state index contributed by atoms with van der Waals surface area (Å²) in [7, 11) is 0. The lowest BCUT2D eigenvalue weighted by atomic mass is 10.1. The highest BCUT2D eigenvalue weighted by molar-refractivity contribution is 5.83. The molecular formula is C11H9N3O. The molecule has 0 amide bonds. The van der Waals surface area contributed by atoms with Crippen LogP contribution in [0.3, 0.4) is 0 Å². The molecule has 2 aromatic rings. The van der Waals surface area contributed by atoms with E-state index in [0.717, 1.165) is 5.56 Å². The van der Waals surface area contributed by atoms with Crippen molar-refractivity contribution in [3.8, 4) is 11.4 Å². The first-order valence-electron chi connectivity index (χ1n) is 4.50. The van der Waals surface area contributed by atoms with E-state index in [1.807, 2.05) is 13.0 Å². The Morgan fingerprint density at radius 1 is 1.20 bits per heavy atom. The van der Waals surface area contributed by atoms with Crippen LogP contribution in [-0.4, -0.2) is 21.2 Å². The second-order valence-corrected chi connectivity index (χ2v) is 3.14. The third-order valence-electron chi connectivity index (χ3n) is 1.97. The van der Waals surface area contributed by atoms with Crippen LogP contribution in [0.2, 0.25) is 0 Å². The molecule has 0 saturated heterocycles. The maximum absolute atomic E-state index is 10.8. The van der Waals surface area contributed by atoms with Gasteiger partial charge < -0.3 is 0 Å². The van der Waals surface area contributed by atoms with Gasteiger partial charge in [-0.15, -0.1) is 0 Å². The molecule has 74 valence electrons. The molecule has 2 aromatic heterocycles. The van der Waals surface area contributed by atoms with Gasteiger partial charge in [0, 0.05) is 24.2 Å². The molecule has 4 heteroatoms. The van der Waals surface area contributed by atoms with Crippen LogP contribution in [0.1, 0.15) is 16.1 Å². The zero-order valence-corrected chi connectivity index (χ0v) is 8.21. The summed E-state index contributed by atoms with van der Waals surface area (Å²) in [6.07, 6.45) is 5.64. The molecule has 4 nitrogen and oxygen atoms in total. The maximum Gasteiger partial charge on any atom is 0.169 e. The fourth-order valence-electron chi connectivity index (χ4n) is 1.29. The van der Waals surface area contributed by atoms with E-state index in [0.29, 0.717) is 23.4 Å². The lowest BCUT2D eigenvalue weighted by Crippen LogP contribution is -1.96. The van der Waals surface area contributed by atoms with Crippen molar-refractivity contribution < 1.29 is 4.79 Å². The molecule has 0 unspecified atom stereocenters. The number of pyridine rings is 1. The molecule has 0 N–H and O–H groups in total. The molecule has 0 radical (unpaired) electrons. The summed E-state index contributed by atoms with van der Waals surface area (Å²) in [6, 6.07) is 3.58. The van der Waals surface area contributed by atoms with Crippen LogP contribution in [-0.2, 0) is 0 Å². The molecule has 0 fully saturated rings. The summed E-state index contributed by atoms with van der Waals surface area (Å²) in [5.41, 5.74) is 2.01. The van der Waals surface area contributed by atoms with Crippen molar-refractivity contribution in [3.63, 3.8) is 0 Å². The molecule has 2 heterocycles. The smallest absolute Gasteiger partial charge is 0.169 e. The Morgan fingerprint density at radius 2 is 1.93 bits per heavy atom. The van der Waals surface area contributed by atoms with Gasteiger partial charge in [-0.25, -0.2) is 9.97 Å². The number of nitrogens with zero attached hydrogens (tertiary/aromatic N) is 3. The monoisotopic (exact) mass is 199 g/mol. The first-order chi connectivity index (χ1) is 7.31. The molecule has 0 bridgehead atoms. The van der Waals surface area contributed by atoms with Gasteiger partial charge in [-0.1, -0.05) is 0 Å². The van der Waals surface area contributed by atoms with Gasteiger partial charge in [0.2, 0.25) is 0 Å². The van der Waals surface area contributed by atoms with Crippen molar-refractivity contribution in [2.24, 2.45) is 0 Å². The molecule has 0 aromatic carbocycles. The summed E-state index contributed by atoms with van der Waals surface area (Å²) < 4.78 is 0. The van der Waals surface area contributed by atoms with Gasteiger partial charge in [0.15, 0.2) is 12.1 Å². The Kier molecular flexibility index (Phi) is 2.49. The quantitative estimate of drug-likeness (QED) is 0.690. The molecule has 0 aliphatic rings. The van der Waals surface area contributed by atoms with Crippen LogP contribution < -0.4 is 0 Å². The van der Waals surface area contributed by atoms with Crippen molar-refractivity contribution in [2.45, 2.75) is 6.92 Å². The van der Waals surface area contributed by atoms with Gasteiger partial charge in [-0.3, -0.25) is 9.78 Å². The molecular weight excluding hydrogens is 190 g/mol. The number of hydrogen-bond acceptors (Lipinski definition) is 4. The van der Waals surface area contributed by atoms with Crippen LogP contribution in [0.5, 0.6) is 0 Å². The topological polar surface area (TPSA) is 55.7 Å². The predicted octanol–water partition coefficient (Wildman–Crippen LogP) is 1.66. The Morgan fingerprint density at radius 3 is 2.60 bits per heavy atom. The third kappa shape index (κ3) is 1.88. The normalized spacial score (nSPS) is 9.93. The predicted molar refractivity (Wildman–Crippen MR) is 55.4 cm³/mol. The number of aryl methyl sites for hydroxylation is 1. The highest BCUT2D eigenvalue weighted by atomic mass is 16.1. The number of carbonyl (C=O) groups is 1. The third-order valence-corrected chi connectivity index (χ3v) is 1.97. The molecule has 2 rings (SSSR count). The fourth-order valence-corrected chi connectivity index (χ4v) is 1.29. The summed E-state index contributed by atoms with van der Waals surface area (Å²) in [6.45, 7) is 1.91. The van der Waals surface area contributed by atoms with Gasteiger partial charge >= 0.3 is 0 Å². The summed E-state index contributed by atoms with van der Waals surface area (Å²) in [5.74, 6) is 0.524. The van der Waals surface area contributed by atoms with Crippen molar-refractivity contribution in [3.05, 3.63) is 42.0 Å². The lowest BCUT2D eigenvalue weighted by molar-refractivity contribution is 0.111. The molecule has 0 aliphatic carbocycles. The van der Waals surface area contributed by atoms with Crippen molar-refractivity contribution >= 4 is 6.29 Å². The average molecular weight is 199 g/mol. The van der Waals surface area contributed by atoms with E-state index in [1.165, 1.54) is 0 Å². The highest BCUT2D eigenvalue weighted by Crippen LogP contribution is 2.17. The summed E-state index contributed by atoms with van der Waals surface area (Å²) >= 11 is 0.